The molecular formula is C26H27F7N2O3. The number of aliphatic hydroxyl groups is 1. The number of carbonyl (C=O) groups excluding carboxylic acids is 1. The Morgan fingerprint density at radius 3 is 2.08 bits per heavy atom. The lowest BCUT2D eigenvalue weighted by Crippen LogP contribution is -2.31. The summed E-state index contributed by atoms with van der Waals surface area (Å²) in [7, 11) is 2.06. The van der Waals surface area contributed by atoms with Crippen LogP contribution in [0.15, 0.2) is 47.6 Å². The first kappa shape index (κ1) is 29.7. The van der Waals surface area contributed by atoms with Crippen LogP contribution >= 0.6 is 0 Å². The second kappa shape index (κ2) is 10.7. The normalized spacial score (nSPS) is 26.3. The third-order valence-electron chi connectivity index (χ3n) is 7.33. The Morgan fingerprint density at radius 2 is 1.61 bits per heavy atom. The summed E-state index contributed by atoms with van der Waals surface area (Å²) in [6.45, 7) is 0.828. The molecule has 0 radical (unpaired) electrons. The number of carbonyl (C=O) groups is 1. The maximum absolute atomic E-state index is 13.1. The zero-order valence-corrected chi connectivity index (χ0v) is 20.6. The van der Waals surface area contributed by atoms with Crippen LogP contribution in [0.1, 0.15) is 60.8 Å². The largest absolute Gasteiger partial charge is 0.416 e. The first-order chi connectivity index (χ1) is 17.5. The van der Waals surface area contributed by atoms with Gasteiger partial charge in [0.05, 0.1) is 11.1 Å². The first-order valence-electron chi connectivity index (χ1n) is 11.8. The fourth-order valence-electron chi connectivity index (χ4n) is 5.49. The Labute approximate surface area is 214 Å². The molecule has 5 atom stereocenters. The van der Waals surface area contributed by atoms with E-state index in [1.807, 2.05) is 12.1 Å². The Morgan fingerprint density at radius 1 is 1.05 bits per heavy atom. The summed E-state index contributed by atoms with van der Waals surface area (Å²) in [5.41, 5.74) is -3.41. The molecule has 1 aliphatic carbocycles. The molecule has 2 aliphatic rings. The summed E-state index contributed by atoms with van der Waals surface area (Å²) < 4.78 is 86.9. The van der Waals surface area contributed by atoms with Crippen molar-refractivity contribution < 1.29 is 40.6 Å². The molecule has 5 unspecified atom stereocenters. The van der Waals surface area contributed by atoms with Crippen molar-refractivity contribution in [2.45, 2.75) is 74.6 Å². The number of alkyl halides is 6. The summed E-state index contributed by atoms with van der Waals surface area (Å²) in [5, 5.41) is 12.3. The molecule has 12 heteroatoms. The third-order valence-corrected chi connectivity index (χ3v) is 7.33. The van der Waals surface area contributed by atoms with E-state index in [2.05, 4.69) is 17.1 Å². The molecule has 1 saturated heterocycles. The van der Waals surface area contributed by atoms with Gasteiger partial charge in [-0.3, -0.25) is 4.90 Å². The van der Waals surface area contributed by atoms with Gasteiger partial charge in [0, 0.05) is 23.9 Å². The molecule has 1 aliphatic heterocycles. The summed E-state index contributed by atoms with van der Waals surface area (Å²) in [6.07, 6.45) is -5.43. The molecule has 0 amide bonds. The molecule has 1 saturated carbocycles. The van der Waals surface area contributed by atoms with E-state index in [1.54, 1.807) is 6.92 Å². The van der Waals surface area contributed by atoms with Gasteiger partial charge in [0.2, 0.25) is 0 Å². The highest BCUT2D eigenvalue weighted by Crippen LogP contribution is 2.60. The zero-order valence-electron chi connectivity index (χ0n) is 20.6. The van der Waals surface area contributed by atoms with Gasteiger partial charge in [0.25, 0.3) is 0 Å². The van der Waals surface area contributed by atoms with Crippen LogP contribution in [0.4, 0.5) is 30.7 Å². The van der Waals surface area contributed by atoms with Crippen molar-refractivity contribution in [1.82, 2.24) is 4.90 Å². The predicted octanol–water partition coefficient (Wildman–Crippen LogP) is 6.48. The molecule has 0 bridgehead atoms. The molecule has 208 valence electrons. The smallest absolute Gasteiger partial charge is 0.383 e. The number of rotatable bonds is 6. The number of hydrogen-bond donors (Lipinski definition) is 1. The second-order valence-electron chi connectivity index (χ2n) is 9.99. The molecule has 2 aromatic carbocycles. The van der Waals surface area contributed by atoms with Crippen LogP contribution in [-0.4, -0.2) is 40.5 Å². The van der Waals surface area contributed by atoms with Crippen molar-refractivity contribution in [2.24, 2.45) is 5.18 Å². The van der Waals surface area contributed by atoms with E-state index >= 15 is 0 Å². The van der Waals surface area contributed by atoms with Gasteiger partial charge in [-0.25, -0.2) is 4.39 Å². The predicted molar refractivity (Wildman–Crippen MR) is 125 cm³/mol. The summed E-state index contributed by atoms with van der Waals surface area (Å²) in [5.74, 6) is 0.144. The quantitative estimate of drug-likeness (QED) is 0.194. The van der Waals surface area contributed by atoms with Crippen molar-refractivity contribution in [1.29, 1.82) is 0 Å². The molecular weight excluding hydrogens is 521 g/mol. The minimum Gasteiger partial charge on any atom is -0.383 e. The van der Waals surface area contributed by atoms with E-state index in [1.165, 1.54) is 12.1 Å². The van der Waals surface area contributed by atoms with Gasteiger partial charge < -0.3 is 9.90 Å². The Kier molecular flexibility index (Phi) is 8.38. The maximum atomic E-state index is 13.1. The Balaban J connectivity index is 0.000000216. The van der Waals surface area contributed by atoms with Crippen molar-refractivity contribution in [3.05, 3.63) is 75.4 Å². The summed E-state index contributed by atoms with van der Waals surface area (Å²) in [4.78, 5) is 23.1. The summed E-state index contributed by atoms with van der Waals surface area (Å²) >= 11 is 0. The van der Waals surface area contributed by atoms with Gasteiger partial charge in [-0.2, -0.15) is 31.2 Å². The molecule has 38 heavy (non-hydrogen) atoms. The molecule has 2 fully saturated rings. The van der Waals surface area contributed by atoms with Crippen LogP contribution in [0.3, 0.4) is 0 Å². The highest BCUT2D eigenvalue weighted by atomic mass is 19.4. The highest BCUT2D eigenvalue weighted by molar-refractivity contribution is 5.61. The zero-order chi connectivity index (χ0) is 28.5. The molecule has 5 nitrogen and oxygen atoms in total. The van der Waals surface area contributed by atoms with Gasteiger partial charge in [-0.15, -0.1) is 0 Å². The van der Waals surface area contributed by atoms with E-state index in [9.17, 15) is 45.5 Å². The number of halogens is 7. The fourth-order valence-corrected chi connectivity index (χ4v) is 5.49. The van der Waals surface area contributed by atoms with Crippen molar-refractivity contribution in [3.63, 3.8) is 0 Å². The molecule has 1 spiro atoms. The number of likely N-dealkylation sites (N-methyl/N-ethyl adjacent to an activating group) is 1. The number of nitrogens with zero attached hydrogens (tertiary/aromatic N) is 2. The van der Waals surface area contributed by atoms with E-state index < -0.39 is 41.2 Å². The Bertz CT molecular complexity index is 1120. The lowest BCUT2D eigenvalue weighted by molar-refractivity contribution is -0.143. The van der Waals surface area contributed by atoms with Crippen molar-refractivity contribution in [2.75, 3.05) is 7.05 Å². The standard InChI is InChI=1S/C17H22FNO2.C9H5F6NO/c1-16(21,11-20)10-15-17(19(15)2)9-3-4-14(17)12-5-7-13(18)8-6-12;10-8(11,12)6-1-5(4-16-17)2-7(3-6)9(13,14)15/h5-8,11,14-15,21H,3-4,9-10H2,1-2H3;1-3H,4H2. The number of nitroso groups, excluding NO2 is 1. The van der Waals surface area contributed by atoms with Crippen LogP contribution in [0.2, 0.25) is 0 Å². The van der Waals surface area contributed by atoms with Gasteiger partial charge in [-0.1, -0.05) is 23.7 Å². The Hall–Kier alpha value is -2.86. The van der Waals surface area contributed by atoms with Gasteiger partial charge in [0.1, 0.15) is 18.0 Å². The lowest BCUT2D eigenvalue weighted by atomic mass is 9.83. The SMILES string of the molecule is CN1C(CC(C)(O)C=O)C12CCCC2c1ccc(F)cc1.O=NCc1cc(C(F)(F)F)cc(C(F)(F)F)c1. The molecule has 0 aromatic heterocycles. The third kappa shape index (κ3) is 6.40. The second-order valence-corrected chi connectivity index (χ2v) is 9.99. The molecule has 2 aromatic rings. The average Bonchev–Trinajstić information content (AvgIpc) is 3.16. The molecule has 4 rings (SSSR count). The summed E-state index contributed by atoms with van der Waals surface area (Å²) in [6, 6.07) is 7.92. The number of hydrogen-bond acceptors (Lipinski definition) is 5. The van der Waals surface area contributed by atoms with Gasteiger partial charge >= 0.3 is 12.4 Å². The van der Waals surface area contributed by atoms with Crippen LogP contribution in [0.25, 0.3) is 0 Å². The first-order valence-corrected chi connectivity index (χ1v) is 11.8. The number of benzene rings is 2. The maximum Gasteiger partial charge on any atom is 0.416 e. The van der Waals surface area contributed by atoms with Crippen LogP contribution in [0, 0.1) is 10.7 Å². The van der Waals surface area contributed by atoms with E-state index in [0.29, 0.717) is 30.8 Å². The minimum absolute atomic E-state index is 0.00565. The topological polar surface area (TPSA) is 69.7 Å². The van der Waals surface area contributed by atoms with Gasteiger partial charge in [-0.05, 0) is 68.3 Å². The average molecular weight is 548 g/mol. The van der Waals surface area contributed by atoms with E-state index in [-0.39, 0.29) is 23.5 Å². The lowest BCUT2D eigenvalue weighted by Gasteiger charge is -2.22. The van der Waals surface area contributed by atoms with Gasteiger partial charge in [0.15, 0.2) is 6.29 Å². The highest BCUT2D eigenvalue weighted by Gasteiger charge is 2.66. The van der Waals surface area contributed by atoms with Crippen LogP contribution < -0.4 is 0 Å². The van der Waals surface area contributed by atoms with Crippen molar-refractivity contribution >= 4 is 6.29 Å². The van der Waals surface area contributed by atoms with Crippen LogP contribution in [-0.2, 0) is 23.7 Å². The van der Waals surface area contributed by atoms with E-state index in [0.717, 1.165) is 24.8 Å². The van der Waals surface area contributed by atoms with Crippen molar-refractivity contribution in [3.8, 4) is 0 Å². The molecule has 1 N–H and O–H groups in total. The molecule has 1 heterocycles. The number of aldehydes is 1. The fraction of sp³-hybridized carbons (Fsp3) is 0.500. The van der Waals surface area contributed by atoms with Crippen LogP contribution in [0.5, 0.6) is 0 Å². The minimum atomic E-state index is -4.90. The monoisotopic (exact) mass is 548 g/mol. The van der Waals surface area contributed by atoms with E-state index in [4.69, 9.17) is 0 Å².